The van der Waals surface area contributed by atoms with Crippen LogP contribution in [0, 0.1) is 0 Å². The van der Waals surface area contributed by atoms with Gasteiger partial charge < -0.3 is 5.73 Å². The summed E-state index contributed by atoms with van der Waals surface area (Å²) >= 11 is 0. The first-order valence-electron chi connectivity index (χ1n) is 9.10. The van der Waals surface area contributed by atoms with E-state index in [1.165, 1.54) is 83.5 Å². The van der Waals surface area contributed by atoms with Crippen molar-refractivity contribution in [2.75, 3.05) is 13.1 Å². The zero-order valence-electron chi connectivity index (χ0n) is 13.9. The molecule has 2 N–H and O–H groups in total. The molecule has 0 saturated carbocycles. The molecule has 0 radical (unpaired) electrons. The molecule has 0 unspecified atom stereocenters. The van der Waals surface area contributed by atoms with Gasteiger partial charge in [0, 0.05) is 6.54 Å². The maximum atomic E-state index is 5.38. The Hall–Kier alpha value is -0.370. The average molecular weight is 283 g/mol. The molecule has 0 heterocycles. The molecule has 0 atom stereocenters. The minimum Gasteiger partial charge on any atom is -0.329 e. The summed E-state index contributed by atoms with van der Waals surface area (Å²) in [5.74, 6) is 0. The van der Waals surface area contributed by atoms with Gasteiger partial charge >= 0.3 is 0 Å². The van der Waals surface area contributed by atoms with E-state index in [0.717, 1.165) is 13.0 Å². The highest BCUT2D eigenvalue weighted by Crippen LogP contribution is 2.12. The first-order valence-corrected chi connectivity index (χ1v) is 9.10. The van der Waals surface area contributed by atoms with Crippen LogP contribution in [-0.4, -0.2) is 19.3 Å². The molecule has 0 saturated heterocycles. The number of rotatable bonds is 16. The molecule has 0 aliphatic carbocycles. The summed E-state index contributed by atoms with van der Waals surface area (Å²) in [6, 6.07) is 0. The molecule has 0 aliphatic heterocycles. The number of hydrogen-bond acceptors (Lipinski definition) is 2. The quantitative estimate of drug-likeness (QED) is 0.295. The molecule has 120 valence electrons. The summed E-state index contributed by atoms with van der Waals surface area (Å²) in [5.41, 5.74) is 5.38. The standard InChI is InChI=1S/C18H38N2/c1-2-3-4-5-6-7-8-9-10-11-12-13-14-15-17-20-18-16-19/h17H,2-16,18-19H2,1H3. The van der Waals surface area contributed by atoms with Gasteiger partial charge in [-0.15, -0.1) is 0 Å². The number of unbranched alkanes of at least 4 members (excludes halogenated alkanes) is 13. The summed E-state index contributed by atoms with van der Waals surface area (Å²) in [5, 5.41) is 0. The van der Waals surface area contributed by atoms with Crippen molar-refractivity contribution in [2.24, 2.45) is 10.7 Å². The topological polar surface area (TPSA) is 38.4 Å². The number of hydrogen-bond donors (Lipinski definition) is 1. The van der Waals surface area contributed by atoms with E-state index in [-0.39, 0.29) is 0 Å². The van der Waals surface area contributed by atoms with Crippen molar-refractivity contribution >= 4 is 6.21 Å². The maximum Gasteiger partial charge on any atom is 0.0508 e. The highest BCUT2D eigenvalue weighted by atomic mass is 14.7. The molecule has 20 heavy (non-hydrogen) atoms. The van der Waals surface area contributed by atoms with Crippen molar-refractivity contribution in [1.82, 2.24) is 0 Å². The molecular weight excluding hydrogens is 244 g/mol. The molecule has 0 aromatic rings. The second-order valence-corrected chi connectivity index (χ2v) is 5.91. The van der Waals surface area contributed by atoms with Crippen molar-refractivity contribution in [2.45, 2.75) is 96.8 Å². The Kier molecular flexibility index (Phi) is 18.3. The highest BCUT2D eigenvalue weighted by Gasteiger charge is 1.93. The normalized spacial score (nSPS) is 11.5. The molecule has 0 aliphatic rings. The SMILES string of the molecule is CCCCCCCCCCCCCCCC=NCCN. The first-order chi connectivity index (χ1) is 9.91. The largest absolute Gasteiger partial charge is 0.329 e. The van der Waals surface area contributed by atoms with Crippen LogP contribution in [0.3, 0.4) is 0 Å². The van der Waals surface area contributed by atoms with E-state index >= 15 is 0 Å². The molecule has 0 spiro atoms. The zero-order valence-corrected chi connectivity index (χ0v) is 13.9. The molecule has 2 heteroatoms. The predicted octanol–water partition coefficient (Wildman–Crippen LogP) is 5.50. The second-order valence-electron chi connectivity index (χ2n) is 5.91. The Morgan fingerprint density at radius 1 is 0.700 bits per heavy atom. The third-order valence-corrected chi connectivity index (χ3v) is 3.82. The van der Waals surface area contributed by atoms with Crippen LogP contribution in [0.1, 0.15) is 96.8 Å². The van der Waals surface area contributed by atoms with Crippen molar-refractivity contribution in [3.8, 4) is 0 Å². The van der Waals surface area contributed by atoms with Gasteiger partial charge in [0.05, 0.1) is 6.54 Å². The Labute approximate surface area is 127 Å². The lowest BCUT2D eigenvalue weighted by Crippen LogP contribution is -2.02. The Morgan fingerprint density at radius 2 is 1.15 bits per heavy atom. The van der Waals surface area contributed by atoms with Crippen molar-refractivity contribution in [1.29, 1.82) is 0 Å². The Bertz CT molecular complexity index is 190. The summed E-state index contributed by atoms with van der Waals surface area (Å²) in [6.07, 6.45) is 21.6. The van der Waals surface area contributed by atoms with Crippen molar-refractivity contribution < 1.29 is 0 Å². The van der Waals surface area contributed by atoms with Crippen LogP contribution in [0.5, 0.6) is 0 Å². The van der Waals surface area contributed by atoms with Gasteiger partial charge in [0.25, 0.3) is 0 Å². The van der Waals surface area contributed by atoms with Crippen molar-refractivity contribution in [3.05, 3.63) is 0 Å². The highest BCUT2D eigenvalue weighted by molar-refractivity contribution is 5.56. The first kappa shape index (κ1) is 19.6. The molecule has 0 bridgehead atoms. The minimum absolute atomic E-state index is 0.676. The van der Waals surface area contributed by atoms with Gasteiger partial charge in [0.1, 0.15) is 0 Å². The second kappa shape index (κ2) is 18.6. The van der Waals surface area contributed by atoms with Gasteiger partial charge in [0.15, 0.2) is 0 Å². The molecule has 0 aromatic heterocycles. The van der Waals surface area contributed by atoms with Crippen LogP contribution in [-0.2, 0) is 0 Å². The summed E-state index contributed by atoms with van der Waals surface area (Å²) in [4.78, 5) is 4.23. The van der Waals surface area contributed by atoms with E-state index in [2.05, 4.69) is 11.9 Å². The van der Waals surface area contributed by atoms with Gasteiger partial charge in [-0.3, -0.25) is 4.99 Å². The Morgan fingerprint density at radius 3 is 1.60 bits per heavy atom. The smallest absolute Gasteiger partial charge is 0.0508 e. The molecule has 2 nitrogen and oxygen atoms in total. The van der Waals surface area contributed by atoms with Crippen LogP contribution < -0.4 is 5.73 Å². The molecule has 0 aromatic carbocycles. The van der Waals surface area contributed by atoms with Crippen LogP contribution >= 0.6 is 0 Å². The molecule has 0 fully saturated rings. The van der Waals surface area contributed by atoms with Gasteiger partial charge in [0.2, 0.25) is 0 Å². The van der Waals surface area contributed by atoms with Crippen LogP contribution in [0.4, 0.5) is 0 Å². The van der Waals surface area contributed by atoms with Crippen LogP contribution in [0.25, 0.3) is 0 Å². The van der Waals surface area contributed by atoms with E-state index in [0.29, 0.717) is 6.54 Å². The number of aliphatic imine (C=N–C) groups is 1. The zero-order chi connectivity index (χ0) is 14.7. The molecule has 0 rings (SSSR count). The van der Waals surface area contributed by atoms with E-state index in [4.69, 9.17) is 5.73 Å². The van der Waals surface area contributed by atoms with Gasteiger partial charge in [-0.05, 0) is 19.1 Å². The van der Waals surface area contributed by atoms with Gasteiger partial charge in [-0.25, -0.2) is 0 Å². The fraction of sp³-hybridized carbons (Fsp3) is 0.944. The van der Waals surface area contributed by atoms with Crippen LogP contribution in [0.15, 0.2) is 4.99 Å². The third kappa shape index (κ3) is 17.6. The van der Waals surface area contributed by atoms with E-state index in [1.54, 1.807) is 0 Å². The van der Waals surface area contributed by atoms with Crippen molar-refractivity contribution in [3.63, 3.8) is 0 Å². The monoisotopic (exact) mass is 282 g/mol. The fourth-order valence-electron chi connectivity index (χ4n) is 2.51. The van der Waals surface area contributed by atoms with E-state index < -0.39 is 0 Å². The predicted molar refractivity (Wildman–Crippen MR) is 92.7 cm³/mol. The fourth-order valence-corrected chi connectivity index (χ4v) is 2.51. The van der Waals surface area contributed by atoms with Crippen LogP contribution in [0.2, 0.25) is 0 Å². The maximum absolute atomic E-state index is 5.38. The van der Waals surface area contributed by atoms with Gasteiger partial charge in [-0.2, -0.15) is 0 Å². The third-order valence-electron chi connectivity index (χ3n) is 3.82. The summed E-state index contributed by atoms with van der Waals surface area (Å²) in [6.45, 7) is 3.75. The number of nitrogens with zero attached hydrogens (tertiary/aromatic N) is 1. The molecule has 0 amide bonds. The lowest BCUT2D eigenvalue weighted by atomic mass is 10.0. The lowest BCUT2D eigenvalue weighted by molar-refractivity contribution is 0.541. The summed E-state index contributed by atoms with van der Waals surface area (Å²) < 4.78 is 0. The number of nitrogens with two attached hydrogens (primary N) is 1. The van der Waals surface area contributed by atoms with E-state index in [1.807, 2.05) is 6.21 Å². The summed E-state index contributed by atoms with van der Waals surface area (Å²) in [7, 11) is 0. The minimum atomic E-state index is 0.676. The average Bonchev–Trinajstić information content (AvgIpc) is 2.47. The van der Waals surface area contributed by atoms with E-state index in [9.17, 15) is 0 Å². The Balaban J connectivity index is 2.96. The lowest BCUT2D eigenvalue weighted by Gasteiger charge is -2.02. The molecular formula is C18H38N2. The van der Waals surface area contributed by atoms with Gasteiger partial charge in [-0.1, -0.05) is 84.0 Å².